The monoisotopic (exact) mass is 379 g/mol. The van der Waals surface area contributed by atoms with Gasteiger partial charge < -0.3 is 0 Å². The topological polar surface area (TPSA) is 76.5 Å². The number of nitrogens with one attached hydrogen (secondary N) is 1. The van der Waals surface area contributed by atoms with Gasteiger partial charge in [-0.3, -0.25) is 9.48 Å². The number of aromatic amines is 1. The number of hydrogen-bond acceptors (Lipinski definition) is 4. The summed E-state index contributed by atoms with van der Waals surface area (Å²) in [5.74, 6) is -0.620. The summed E-state index contributed by atoms with van der Waals surface area (Å²) in [6.07, 6.45) is 1.93. The van der Waals surface area contributed by atoms with E-state index < -0.39 is 11.4 Å². The van der Waals surface area contributed by atoms with Gasteiger partial charge in [-0.1, -0.05) is 12.1 Å². The maximum atomic E-state index is 14.2. The van der Waals surface area contributed by atoms with Crippen LogP contribution < -0.4 is 5.56 Å². The van der Waals surface area contributed by atoms with Crippen molar-refractivity contribution in [2.24, 2.45) is 7.05 Å². The highest BCUT2D eigenvalue weighted by atomic mass is 19.1. The molecule has 1 aliphatic carbocycles. The normalized spacial score (nSPS) is 18.5. The molecule has 2 aromatic carbocycles. The van der Waals surface area contributed by atoms with Crippen LogP contribution in [0.25, 0.3) is 10.8 Å². The van der Waals surface area contributed by atoms with Gasteiger partial charge in [-0.15, -0.1) is 0 Å². The number of benzene rings is 2. The van der Waals surface area contributed by atoms with Gasteiger partial charge in [-0.05, 0) is 41.8 Å². The molecule has 2 unspecified atom stereocenters. The molecule has 0 bridgehead atoms. The molecule has 0 saturated heterocycles. The highest BCUT2D eigenvalue weighted by molar-refractivity contribution is 5.89. The summed E-state index contributed by atoms with van der Waals surface area (Å²) in [6, 6.07) is 8.92. The molecule has 4 aromatic rings. The minimum atomic E-state index is -0.472. The quantitative estimate of drug-likeness (QED) is 0.581. The fourth-order valence-electron chi connectivity index (χ4n) is 4.21. The Morgan fingerprint density at radius 2 is 1.93 bits per heavy atom. The minimum absolute atomic E-state index is 0.167. The maximum Gasteiger partial charge on any atom is 0.272 e. The molecular weight excluding hydrogens is 364 g/mol. The zero-order valence-electron chi connectivity index (χ0n) is 14.9. The summed E-state index contributed by atoms with van der Waals surface area (Å²) >= 11 is 0. The highest BCUT2D eigenvalue weighted by Gasteiger charge is 2.37. The van der Waals surface area contributed by atoms with Crippen LogP contribution in [0.1, 0.15) is 34.5 Å². The van der Waals surface area contributed by atoms with Crippen molar-refractivity contribution in [1.82, 2.24) is 25.0 Å². The van der Waals surface area contributed by atoms with Crippen LogP contribution in [0.15, 0.2) is 47.5 Å². The molecule has 5 rings (SSSR count). The summed E-state index contributed by atoms with van der Waals surface area (Å²) in [6.45, 7) is 0. The lowest BCUT2D eigenvalue weighted by Crippen LogP contribution is -2.27. The van der Waals surface area contributed by atoms with Crippen LogP contribution >= 0.6 is 0 Å². The highest BCUT2D eigenvalue weighted by Crippen LogP contribution is 2.46. The van der Waals surface area contributed by atoms with Gasteiger partial charge in [0.2, 0.25) is 0 Å². The molecule has 1 aliphatic rings. The third-order valence-electron chi connectivity index (χ3n) is 5.42. The van der Waals surface area contributed by atoms with E-state index in [9.17, 15) is 13.6 Å². The smallest absolute Gasteiger partial charge is 0.267 e. The molecule has 0 saturated carbocycles. The zero-order chi connectivity index (χ0) is 19.4. The molecule has 28 heavy (non-hydrogen) atoms. The van der Waals surface area contributed by atoms with Crippen LogP contribution in [0.3, 0.4) is 0 Å². The number of rotatable bonds is 2. The maximum absolute atomic E-state index is 14.2. The van der Waals surface area contributed by atoms with E-state index in [-0.39, 0.29) is 23.0 Å². The van der Waals surface area contributed by atoms with E-state index in [0.29, 0.717) is 28.9 Å². The van der Waals surface area contributed by atoms with Crippen LogP contribution in [0.2, 0.25) is 0 Å². The number of hydrogen-bond donors (Lipinski definition) is 1. The lowest BCUT2D eigenvalue weighted by Gasteiger charge is -2.32. The molecule has 0 aliphatic heterocycles. The van der Waals surface area contributed by atoms with Crippen molar-refractivity contribution in [2.45, 2.75) is 18.3 Å². The summed E-state index contributed by atoms with van der Waals surface area (Å²) in [5.41, 5.74) is 1.76. The largest absolute Gasteiger partial charge is 0.272 e. The molecule has 2 heterocycles. The minimum Gasteiger partial charge on any atom is -0.267 e. The first-order valence-electron chi connectivity index (χ1n) is 8.83. The SMILES string of the molecule is Cn1ncnc1C1c2n[nH]c(=O)c3cc(F)cc(c23)CC1c1ccc(F)cc1. The molecule has 2 aromatic heterocycles. The van der Waals surface area contributed by atoms with Crippen LogP contribution in [0.4, 0.5) is 8.78 Å². The van der Waals surface area contributed by atoms with Crippen molar-refractivity contribution < 1.29 is 8.78 Å². The summed E-state index contributed by atoms with van der Waals surface area (Å²) in [5, 5.41) is 11.9. The second-order valence-electron chi connectivity index (χ2n) is 7.01. The number of aryl methyl sites for hydroxylation is 1. The number of H-pyrrole nitrogens is 1. The van der Waals surface area contributed by atoms with Gasteiger partial charge in [0.05, 0.1) is 17.0 Å². The molecule has 140 valence electrons. The van der Waals surface area contributed by atoms with E-state index in [1.54, 1.807) is 23.9 Å². The summed E-state index contributed by atoms with van der Waals surface area (Å²) < 4.78 is 29.3. The predicted octanol–water partition coefficient (Wildman–Crippen LogP) is 2.80. The molecule has 1 N–H and O–H groups in total. The average molecular weight is 379 g/mol. The number of nitrogens with zero attached hydrogens (tertiary/aromatic N) is 4. The zero-order valence-corrected chi connectivity index (χ0v) is 14.9. The van der Waals surface area contributed by atoms with E-state index >= 15 is 0 Å². The lowest BCUT2D eigenvalue weighted by atomic mass is 9.73. The van der Waals surface area contributed by atoms with E-state index in [1.807, 2.05) is 0 Å². The van der Waals surface area contributed by atoms with Crippen molar-refractivity contribution in [3.8, 4) is 0 Å². The first-order valence-corrected chi connectivity index (χ1v) is 8.83. The van der Waals surface area contributed by atoms with Crippen LogP contribution in [-0.2, 0) is 13.5 Å². The molecule has 6 nitrogen and oxygen atoms in total. The molecule has 0 radical (unpaired) electrons. The van der Waals surface area contributed by atoms with E-state index in [2.05, 4.69) is 20.3 Å². The van der Waals surface area contributed by atoms with Crippen LogP contribution in [0, 0.1) is 11.6 Å². The van der Waals surface area contributed by atoms with Crippen LogP contribution in [0.5, 0.6) is 0 Å². The van der Waals surface area contributed by atoms with Crippen molar-refractivity contribution >= 4 is 10.8 Å². The van der Waals surface area contributed by atoms with Crippen LogP contribution in [-0.4, -0.2) is 25.0 Å². The lowest BCUT2D eigenvalue weighted by molar-refractivity contribution is 0.519. The second kappa shape index (κ2) is 6.05. The Hall–Kier alpha value is -3.42. The third-order valence-corrected chi connectivity index (χ3v) is 5.42. The fraction of sp³-hybridized carbons (Fsp3) is 0.200. The molecular formula is C20H15F2N5O. The third kappa shape index (κ3) is 2.45. The Labute approximate surface area is 157 Å². The number of halogens is 2. The van der Waals surface area contributed by atoms with Gasteiger partial charge in [0, 0.05) is 18.4 Å². The summed E-state index contributed by atoms with van der Waals surface area (Å²) in [4.78, 5) is 16.7. The average Bonchev–Trinajstić information content (AvgIpc) is 3.10. The van der Waals surface area contributed by atoms with Gasteiger partial charge in [-0.2, -0.15) is 10.2 Å². The molecule has 8 heteroatoms. The Kier molecular flexibility index (Phi) is 3.61. The first-order chi connectivity index (χ1) is 13.5. The van der Waals surface area contributed by atoms with Crippen molar-refractivity contribution in [2.75, 3.05) is 0 Å². The molecule has 0 fully saturated rings. The molecule has 0 amide bonds. The van der Waals surface area contributed by atoms with Crippen molar-refractivity contribution in [3.05, 3.63) is 87.4 Å². The standard InChI is InChI=1S/C20H15F2N5O/c1-27-19(23-9-24-27)17-14(10-2-4-12(21)5-3-10)7-11-6-13(22)8-15-16(11)18(17)25-26-20(15)28/h2-6,8-9,14,17H,7H2,1H3,(H,26,28). The molecule has 2 atom stereocenters. The van der Waals surface area contributed by atoms with E-state index in [1.165, 1.54) is 30.6 Å². The van der Waals surface area contributed by atoms with Crippen molar-refractivity contribution in [3.63, 3.8) is 0 Å². The Morgan fingerprint density at radius 3 is 2.64 bits per heavy atom. The number of aromatic nitrogens is 5. The Bertz CT molecular complexity index is 1260. The van der Waals surface area contributed by atoms with Gasteiger partial charge in [0.15, 0.2) is 0 Å². The fourth-order valence-corrected chi connectivity index (χ4v) is 4.21. The van der Waals surface area contributed by atoms with Crippen molar-refractivity contribution in [1.29, 1.82) is 0 Å². The summed E-state index contributed by atoms with van der Waals surface area (Å²) in [7, 11) is 1.78. The van der Waals surface area contributed by atoms with Gasteiger partial charge in [-0.25, -0.2) is 18.9 Å². The van der Waals surface area contributed by atoms with E-state index in [4.69, 9.17) is 0 Å². The van der Waals surface area contributed by atoms with E-state index in [0.717, 1.165) is 5.56 Å². The second-order valence-corrected chi connectivity index (χ2v) is 7.01. The Morgan fingerprint density at radius 1 is 1.14 bits per heavy atom. The first kappa shape index (κ1) is 16.7. The van der Waals surface area contributed by atoms with Gasteiger partial charge in [0.1, 0.15) is 23.8 Å². The Balaban J connectivity index is 1.82. The predicted molar refractivity (Wildman–Crippen MR) is 98.0 cm³/mol. The van der Waals surface area contributed by atoms with Gasteiger partial charge >= 0.3 is 0 Å². The molecule has 0 spiro atoms. The van der Waals surface area contributed by atoms with Gasteiger partial charge in [0.25, 0.3) is 5.56 Å².